The first-order valence-corrected chi connectivity index (χ1v) is 27.0. The van der Waals surface area contributed by atoms with Crippen LogP contribution in [0.5, 0.6) is 0 Å². The van der Waals surface area contributed by atoms with Crippen molar-refractivity contribution in [2.45, 2.75) is 192 Å². The molecule has 2 aromatic rings. The van der Waals surface area contributed by atoms with Crippen molar-refractivity contribution in [3.05, 3.63) is 51.8 Å². The Morgan fingerprint density at radius 3 is 2.25 bits per heavy atom. The van der Waals surface area contributed by atoms with Gasteiger partial charge in [-0.05, 0) is 119 Å². The van der Waals surface area contributed by atoms with Gasteiger partial charge in [0.1, 0.15) is 35.6 Å². The number of carbonyl (C=O) groups is 2. The fourth-order valence-corrected chi connectivity index (χ4v) is 11.7. The summed E-state index contributed by atoms with van der Waals surface area (Å²) in [5.74, 6) is -4.02. The zero-order chi connectivity index (χ0) is 56.8. The molecule has 18 unspecified atom stereocenters. The van der Waals surface area contributed by atoms with Crippen LogP contribution in [0.2, 0.25) is 0 Å². The van der Waals surface area contributed by atoms with Gasteiger partial charge in [-0.3, -0.25) is 14.3 Å². The van der Waals surface area contributed by atoms with Gasteiger partial charge >= 0.3 is 11.9 Å². The smallest absolute Gasteiger partial charge is 0.341 e. The molecule has 3 aliphatic rings. The van der Waals surface area contributed by atoms with Gasteiger partial charge in [0.2, 0.25) is 5.43 Å². The van der Waals surface area contributed by atoms with Gasteiger partial charge in [0, 0.05) is 77.0 Å². The molecule has 3 fully saturated rings. The fraction of sp³-hybridized carbons (Fsp3) is 0.768. The van der Waals surface area contributed by atoms with E-state index >= 15 is 0 Å². The van der Waals surface area contributed by atoms with Crippen LogP contribution in [0, 0.1) is 17.8 Å². The fourth-order valence-electron chi connectivity index (χ4n) is 11.7. The van der Waals surface area contributed by atoms with Crippen LogP contribution in [-0.4, -0.2) is 211 Å². The first-order valence-electron chi connectivity index (χ1n) is 27.0. The molecule has 1 aromatic carbocycles. The number of nitrogens with zero attached hydrogens (tertiary/aromatic N) is 4. The van der Waals surface area contributed by atoms with Crippen LogP contribution < -0.4 is 10.4 Å². The van der Waals surface area contributed by atoms with Gasteiger partial charge in [-0.25, -0.2) is 4.79 Å². The Balaban J connectivity index is 1.34. The first-order chi connectivity index (χ1) is 35.5. The van der Waals surface area contributed by atoms with E-state index in [-0.39, 0.29) is 54.9 Å². The Bertz CT molecular complexity index is 2310. The van der Waals surface area contributed by atoms with Crippen molar-refractivity contribution < 1.29 is 73.0 Å². The number of pyridine rings is 1. The summed E-state index contributed by atoms with van der Waals surface area (Å²) in [5, 5.41) is 59.7. The van der Waals surface area contributed by atoms with Gasteiger partial charge in [-0.2, -0.15) is 0 Å². The van der Waals surface area contributed by atoms with Crippen LogP contribution in [0.15, 0.2) is 35.3 Å². The molecule has 20 nitrogen and oxygen atoms in total. The topological polar surface area (TPSA) is 241 Å². The van der Waals surface area contributed by atoms with Gasteiger partial charge in [0.15, 0.2) is 12.6 Å². The molecule has 0 spiro atoms. The maximum Gasteiger partial charge on any atom is 0.341 e. The van der Waals surface area contributed by atoms with Crippen LogP contribution in [-0.2, 0) is 42.7 Å². The van der Waals surface area contributed by atoms with Crippen molar-refractivity contribution in [2.24, 2.45) is 17.8 Å². The molecule has 18 atom stereocenters. The highest BCUT2D eigenvalue weighted by Gasteiger charge is 2.53. The monoisotopic (exact) mass is 1080 g/mol. The number of aliphatic hydroxyl groups excluding tert-OH is 2. The third-order valence-electron chi connectivity index (χ3n) is 16.1. The van der Waals surface area contributed by atoms with Gasteiger partial charge in [0.05, 0.1) is 53.7 Å². The number of cyclic esters (lactones) is 1. The zero-order valence-corrected chi connectivity index (χ0v) is 48.0. The molecule has 1 aromatic heterocycles. The van der Waals surface area contributed by atoms with Crippen molar-refractivity contribution in [3.8, 4) is 0 Å². The molecule has 0 saturated carbocycles. The summed E-state index contributed by atoms with van der Waals surface area (Å²) in [6.45, 7) is 19.3. The number of benzene rings is 1. The van der Waals surface area contributed by atoms with Crippen LogP contribution in [0.3, 0.4) is 0 Å². The molecule has 432 valence electrons. The Morgan fingerprint density at radius 2 is 1.63 bits per heavy atom. The summed E-state index contributed by atoms with van der Waals surface area (Å²) < 4.78 is 53.0. The number of carboxylic acids is 1. The van der Waals surface area contributed by atoms with Crippen LogP contribution in [0.25, 0.3) is 17.0 Å². The Kier molecular flexibility index (Phi) is 22.1. The van der Waals surface area contributed by atoms with Crippen molar-refractivity contribution in [2.75, 3.05) is 73.7 Å². The quantitative estimate of drug-likeness (QED) is 0.110. The Hall–Kier alpha value is -3.61. The maximum absolute atomic E-state index is 14.6. The van der Waals surface area contributed by atoms with Crippen molar-refractivity contribution >= 4 is 28.9 Å². The molecule has 3 aliphatic heterocycles. The second kappa shape index (κ2) is 26.6. The number of aromatic nitrogens is 1. The lowest BCUT2D eigenvalue weighted by atomic mass is 9.77. The number of hydrogen-bond acceptors (Lipinski definition) is 18. The van der Waals surface area contributed by atoms with Crippen LogP contribution in [0.4, 0.5) is 0 Å². The molecular weight excluding hydrogens is 985 g/mol. The number of aromatic carboxylic acids is 1. The van der Waals surface area contributed by atoms with Gasteiger partial charge in [-0.15, -0.1) is 0 Å². The number of methoxy groups -OCH3 is 1. The molecule has 3 saturated heterocycles. The van der Waals surface area contributed by atoms with E-state index in [0.29, 0.717) is 43.7 Å². The number of fused-ring (bicyclic) bond motifs is 1. The molecule has 5 N–H and O–H groups in total. The molecule has 0 bridgehead atoms. The Morgan fingerprint density at radius 1 is 0.947 bits per heavy atom. The average Bonchev–Trinajstić information content (AvgIpc) is 3.34. The normalized spacial score (nSPS) is 37.8. The van der Waals surface area contributed by atoms with Crippen LogP contribution >= 0.6 is 0 Å². The molecule has 20 heteroatoms. The molecular formula is C56H92N4O16. The van der Waals surface area contributed by atoms with Crippen molar-refractivity contribution in [3.63, 3.8) is 0 Å². The van der Waals surface area contributed by atoms with Gasteiger partial charge in [0.25, 0.3) is 0 Å². The lowest BCUT2D eigenvalue weighted by Gasteiger charge is -2.49. The molecule has 76 heavy (non-hydrogen) atoms. The van der Waals surface area contributed by atoms with E-state index in [4.69, 9.17) is 37.9 Å². The van der Waals surface area contributed by atoms with Gasteiger partial charge in [-0.1, -0.05) is 39.0 Å². The van der Waals surface area contributed by atoms with E-state index in [1.807, 2.05) is 83.8 Å². The lowest BCUT2D eigenvalue weighted by Crippen LogP contribution is -2.61. The zero-order valence-electron chi connectivity index (χ0n) is 48.0. The van der Waals surface area contributed by atoms with E-state index in [0.717, 1.165) is 0 Å². The third kappa shape index (κ3) is 14.8. The van der Waals surface area contributed by atoms with Crippen molar-refractivity contribution in [1.82, 2.24) is 14.5 Å². The number of rotatable bonds is 17. The van der Waals surface area contributed by atoms with E-state index in [9.17, 15) is 39.9 Å². The first kappa shape index (κ1) is 63.2. The summed E-state index contributed by atoms with van der Waals surface area (Å²) in [5.41, 5.74) is -3.97. The highest BCUT2D eigenvalue weighted by Crippen LogP contribution is 2.41. The summed E-state index contributed by atoms with van der Waals surface area (Å²) in [7, 11) is 10.7. The predicted molar refractivity (Wildman–Crippen MR) is 288 cm³/mol. The minimum atomic E-state index is -1.84. The standard InChI is InChI=1S/C56H92N4O16/c1-17-43-56(10,68)48(63)36(6)59(15)30-32(2)28-54(8,67)49(76-53-46(62)42(57(11)12)26-33(3)72-53)34(4)47(35(5)52(66)74-43)75-44-29-55(9,69-16)50(37(7)73-44)71-25-19-24-70-23-18-20-38-21-22-41-39(27-38)45(61)40(51(64)65)31-60(41)58(13)14/h18,20-22,27,31-37,42-44,46-50,53,62-63,67-68H,17,19,23-26,28-30H2,1-16H3,(H,64,65)/b20-18+. The second-order valence-electron chi connectivity index (χ2n) is 23.0. The number of ether oxygens (including phenoxy) is 8. The summed E-state index contributed by atoms with van der Waals surface area (Å²) in [6.07, 6.45) is -2.54. The minimum absolute atomic E-state index is 0.175. The van der Waals surface area contributed by atoms with E-state index in [1.165, 1.54) is 13.1 Å². The minimum Gasteiger partial charge on any atom is -0.477 e. The molecule has 0 aliphatic carbocycles. The molecule has 5 rings (SSSR count). The average molecular weight is 1080 g/mol. The summed E-state index contributed by atoms with van der Waals surface area (Å²) in [6, 6.07) is 4.42. The summed E-state index contributed by atoms with van der Waals surface area (Å²) >= 11 is 0. The number of hydrogen-bond donors (Lipinski definition) is 5. The van der Waals surface area contributed by atoms with E-state index < -0.39 is 107 Å². The van der Waals surface area contributed by atoms with E-state index in [2.05, 4.69) is 0 Å². The maximum atomic E-state index is 14.6. The van der Waals surface area contributed by atoms with Gasteiger partial charge < -0.3 is 78.2 Å². The SMILES string of the molecule is CCC1OC(=O)C(C)C(OC2CC(C)(OC)C(OCCCOC/C=C/c3ccc4c(c3)c(=O)c(C(=O)O)cn4N(C)C)C(C)O2)C(C)C(OC2OC(C)CC(N(C)C)C2O)C(C)(O)CC(C)CN(C)C(C)C(O)C1(C)O. The number of carboxylic acid groups (broad SMARTS) is 1. The summed E-state index contributed by atoms with van der Waals surface area (Å²) in [4.78, 5) is 43.3. The highest BCUT2D eigenvalue weighted by molar-refractivity contribution is 5.93. The largest absolute Gasteiger partial charge is 0.477 e. The lowest BCUT2D eigenvalue weighted by molar-refractivity contribution is -0.320. The number of esters is 1. The number of aliphatic hydroxyl groups is 4. The van der Waals surface area contributed by atoms with Crippen molar-refractivity contribution in [1.29, 1.82) is 0 Å². The molecule has 0 amide bonds. The number of carbonyl (C=O) groups excluding carboxylic acids is 1. The Labute approximate surface area is 450 Å². The van der Waals surface area contributed by atoms with E-state index in [1.54, 1.807) is 70.7 Å². The predicted octanol–water partition coefficient (Wildman–Crippen LogP) is 4.26. The second-order valence-corrected chi connectivity index (χ2v) is 23.0. The van der Waals surface area contributed by atoms with Crippen LogP contribution in [0.1, 0.15) is 117 Å². The number of likely N-dealkylation sites (N-methyl/N-ethyl adjacent to an activating group) is 2. The third-order valence-corrected chi connectivity index (χ3v) is 16.1. The highest BCUT2D eigenvalue weighted by atomic mass is 16.7. The molecule has 0 radical (unpaired) electrons. The molecule has 4 heterocycles.